The number of nitrogens with zero attached hydrogens (tertiary/aromatic N) is 2. The first-order chi connectivity index (χ1) is 9.06. The van der Waals surface area contributed by atoms with Crippen molar-refractivity contribution >= 4 is 22.5 Å². The highest BCUT2D eigenvalue weighted by atomic mass is 35.5. The molecule has 0 aliphatic rings. The topological polar surface area (TPSA) is 25.8 Å². The van der Waals surface area contributed by atoms with Gasteiger partial charge in [0.1, 0.15) is 5.15 Å². The SMILES string of the molecule is FC(F)(F)Cc1ccc2nc(C(F)(F)F)nc(Cl)c2c1. The van der Waals surface area contributed by atoms with E-state index in [-0.39, 0.29) is 16.5 Å². The van der Waals surface area contributed by atoms with Gasteiger partial charge in [-0.15, -0.1) is 0 Å². The number of fused-ring (bicyclic) bond motifs is 1. The Kier molecular flexibility index (Phi) is 3.53. The van der Waals surface area contributed by atoms with E-state index in [9.17, 15) is 26.3 Å². The van der Waals surface area contributed by atoms with Crippen molar-refractivity contribution in [3.8, 4) is 0 Å². The van der Waals surface area contributed by atoms with Crippen LogP contribution in [0.2, 0.25) is 5.15 Å². The molecule has 0 fully saturated rings. The highest BCUT2D eigenvalue weighted by Gasteiger charge is 2.35. The molecule has 9 heteroatoms. The number of hydrogen-bond donors (Lipinski definition) is 0. The Balaban J connectivity index is 2.52. The molecule has 2 rings (SSSR count). The maximum absolute atomic E-state index is 12.5. The van der Waals surface area contributed by atoms with Gasteiger partial charge in [-0.3, -0.25) is 0 Å². The zero-order chi connectivity index (χ0) is 15.1. The van der Waals surface area contributed by atoms with Crippen LogP contribution in [-0.4, -0.2) is 16.1 Å². The maximum Gasteiger partial charge on any atom is 0.451 e. The summed E-state index contributed by atoms with van der Waals surface area (Å²) in [5.41, 5.74) is -0.293. The van der Waals surface area contributed by atoms with Crippen LogP contribution in [0.5, 0.6) is 0 Å². The predicted octanol–water partition coefficient (Wildman–Crippen LogP) is 4.41. The van der Waals surface area contributed by atoms with Crippen LogP contribution in [0.1, 0.15) is 11.4 Å². The van der Waals surface area contributed by atoms with Crippen LogP contribution in [0.25, 0.3) is 10.9 Å². The molecule has 1 aromatic heterocycles. The molecule has 0 aliphatic carbocycles. The molecule has 0 spiro atoms. The minimum absolute atomic E-state index is 0.0542. The fourth-order valence-corrected chi connectivity index (χ4v) is 1.84. The largest absolute Gasteiger partial charge is 0.451 e. The van der Waals surface area contributed by atoms with E-state index in [4.69, 9.17) is 11.6 Å². The van der Waals surface area contributed by atoms with Crippen molar-refractivity contribution < 1.29 is 26.3 Å². The first-order valence-corrected chi connectivity index (χ1v) is 5.54. The smallest absolute Gasteiger partial charge is 0.224 e. The quantitative estimate of drug-likeness (QED) is 0.575. The molecule has 0 N–H and O–H groups in total. The molecule has 2 nitrogen and oxygen atoms in total. The van der Waals surface area contributed by atoms with E-state index in [1.54, 1.807) is 0 Å². The second-order valence-electron chi connectivity index (χ2n) is 3.98. The minimum atomic E-state index is -4.78. The zero-order valence-corrected chi connectivity index (χ0v) is 10.2. The monoisotopic (exact) mass is 314 g/mol. The van der Waals surface area contributed by atoms with Crippen molar-refractivity contribution in [1.29, 1.82) is 0 Å². The van der Waals surface area contributed by atoms with Gasteiger partial charge in [-0.2, -0.15) is 26.3 Å². The lowest BCUT2D eigenvalue weighted by molar-refractivity contribution is -0.144. The highest BCUT2D eigenvalue weighted by molar-refractivity contribution is 6.34. The average Bonchev–Trinajstić information content (AvgIpc) is 2.26. The Morgan fingerprint density at radius 1 is 1.00 bits per heavy atom. The van der Waals surface area contributed by atoms with Crippen LogP contribution in [0.4, 0.5) is 26.3 Å². The molecule has 0 bridgehead atoms. The van der Waals surface area contributed by atoms with Gasteiger partial charge in [0.05, 0.1) is 11.9 Å². The van der Waals surface area contributed by atoms with Crippen LogP contribution in [0.15, 0.2) is 18.2 Å². The highest BCUT2D eigenvalue weighted by Crippen LogP contribution is 2.31. The van der Waals surface area contributed by atoms with E-state index in [1.807, 2.05) is 0 Å². The van der Waals surface area contributed by atoms with E-state index < -0.39 is 29.8 Å². The minimum Gasteiger partial charge on any atom is -0.224 e. The van der Waals surface area contributed by atoms with Gasteiger partial charge in [-0.1, -0.05) is 17.7 Å². The van der Waals surface area contributed by atoms with Crippen molar-refractivity contribution in [1.82, 2.24) is 9.97 Å². The van der Waals surface area contributed by atoms with Gasteiger partial charge in [-0.05, 0) is 17.7 Å². The number of alkyl halides is 6. The van der Waals surface area contributed by atoms with Gasteiger partial charge in [0.15, 0.2) is 0 Å². The molecule has 0 radical (unpaired) electrons. The van der Waals surface area contributed by atoms with Gasteiger partial charge in [-0.25, -0.2) is 9.97 Å². The number of aromatic nitrogens is 2. The van der Waals surface area contributed by atoms with Gasteiger partial charge in [0.2, 0.25) is 5.82 Å². The van der Waals surface area contributed by atoms with Gasteiger partial charge in [0, 0.05) is 5.39 Å². The molecule has 108 valence electrons. The second-order valence-corrected chi connectivity index (χ2v) is 4.34. The summed E-state index contributed by atoms with van der Waals surface area (Å²) in [5.74, 6) is -1.43. The fourth-order valence-electron chi connectivity index (χ4n) is 1.61. The molecule has 0 aliphatic heterocycles. The van der Waals surface area contributed by atoms with Crippen LogP contribution >= 0.6 is 11.6 Å². The normalized spacial score (nSPS) is 12.9. The number of rotatable bonds is 1. The molecule has 0 saturated heterocycles. The lowest BCUT2D eigenvalue weighted by atomic mass is 10.1. The van der Waals surface area contributed by atoms with E-state index in [2.05, 4.69) is 9.97 Å². The summed E-state index contributed by atoms with van der Waals surface area (Å²) in [6.45, 7) is 0. The molecule has 2 aromatic rings. The second kappa shape index (κ2) is 4.76. The van der Waals surface area contributed by atoms with Crippen LogP contribution in [0, 0.1) is 0 Å². The summed E-state index contributed by atoms with van der Waals surface area (Å²) >= 11 is 5.58. The Bertz CT molecular complexity index is 650. The van der Waals surface area contributed by atoms with Crippen molar-refractivity contribution in [2.75, 3.05) is 0 Å². The summed E-state index contributed by atoms with van der Waals surface area (Å²) in [5, 5.41) is -0.590. The van der Waals surface area contributed by atoms with Crippen LogP contribution in [0.3, 0.4) is 0 Å². The third kappa shape index (κ3) is 3.30. The average molecular weight is 315 g/mol. The Morgan fingerprint density at radius 3 is 2.20 bits per heavy atom. The van der Waals surface area contributed by atoms with Crippen molar-refractivity contribution in [2.24, 2.45) is 0 Å². The molecule has 0 atom stereocenters. The lowest BCUT2D eigenvalue weighted by Gasteiger charge is -2.10. The molecule has 0 amide bonds. The number of halogens is 7. The predicted molar refractivity (Wildman–Crippen MR) is 59.3 cm³/mol. The van der Waals surface area contributed by atoms with E-state index in [0.717, 1.165) is 18.2 Å². The summed E-state index contributed by atoms with van der Waals surface area (Å²) in [6, 6.07) is 3.14. The van der Waals surface area contributed by atoms with Crippen molar-refractivity contribution in [3.63, 3.8) is 0 Å². The molecule has 20 heavy (non-hydrogen) atoms. The Morgan fingerprint density at radius 2 is 1.65 bits per heavy atom. The van der Waals surface area contributed by atoms with Gasteiger partial charge < -0.3 is 0 Å². The van der Waals surface area contributed by atoms with Gasteiger partial charge in [0.25, 0.3) is 0 Å². The Hall–Kier alpha value is -1.57. The van der Waals surface area contributed by atoms with Crippen molar-refractivity contribution in [3.05, 3.63) is 34.7 Å². The standard InChI is InChI=1S/C11H5ClF6N2/c12-8-6-3-5(4-10(13,14)15)1-2-7(6)19-9(20-8)11(16,17)18/h1-3H,4H2. The third-order valence-electron chi connectivity index (χ3n) is 2.37. The van der Waals surface area contributed by atoms with Crippen molar-refractivity contribution in [2.45, 2.75) is 18.8 Å². The van der Waals surface area contributed by atoms with Crippen LogP contribution < -0.4 is 0 Å². The summed E-state index contributed by atoms with van der Waals surface area (Å²) in [6.07, 6.45) is -10.4. The Labute approximate surface area is 113 Å². The first kappa shape index (κ1) is 14.8. The van der Waals surface area contributed by atoms with E-state index in [0.29, 0.717) is 0 Å². The molecule has 0 unspecified atom stereocenters. The van der Waals surface area contributed by atoms with E-state index >= 15 is 0 Å². The number of benzene rings is 1. The molecule has 1 heterocycles. The van der Waals surface area contributed by atoms with Crippen LogP contribution in [-0.2, 0) is 12.6 Å². The third-order valence-corrected chi connectivity index (χ3v) is 2.66. The number of hydrogen-bond acceptors (Lipinski definition) is 2. The lowest BCUT2D eigenvalue weighted by Crippen LogP contribution is -2.12. The summed E-state index contributed by atoms with van der Waals surface area (Å²) in [4.78, 5) is 6.30. The fraction of sp³-hybridized carbons (Fsp3) is 0.273. The molecular formula is C11H5ClF6N2. The van der Waals surface area contributed by atoms with Gasteiger partial charge >= 0.3 is 12.4 Å². The first-order valence-electron chi connectivity index (χ1n) is 5.16. The zero-order valence-electron chi connectivity index (χ0n) is 9.48. The summed E-state index contributed by atoms with van der Waals surface area (Å²) in [7, 11) is 0. The summed E-state index contributed by atoms with van der Waals surface area (Å²) < 4.78 is 74.1. The van der Waals surface area contributed by atoms with E-state index in [1.165, 1.54) is 0 Å². The molecule has 0 saturated carbocycles. The molecule has 1 aromatic carbocycles. The maximum atomic E-state index is 12.5. The molecular weight excluding hydrogens is 310 g/mol.